The topological polar surface area (TPSA) is 3.88 Å². The first-order valence-corrected chi connectivity index (χ1v) is 6.69. The average Bonchev–Trinajstić information content (AvgIpc) is 2.41. The van der Waals surface area contributed by atoms with Crippen LogP contribution in [0.25, 0.3) is 22.2 Å². The maximum absolute atomic E-state index is 6.34. The number of hydrogen-bond acceptors (Lipinski definition) is 0. The van der Waals surface area contributed by atoms with Crippen LogP contribution in [0.5, 0.6) is 0 Å². The molecule has 0 bridgehead atoms. The van der Waals surface area contributed by atoms with E-state index in [4.69, 9.17) is 11.6 Å². The maximum atomic E-state index is 6.34. The fourth-order valence-corrected chi connectivity index (χ4v) is 2.87. The molecule has 0 saturated heterocycles. The molecule has 0 saturated carbocycles. The molecule has 0 atom stereocenters. The smallest absolute Gasteiger partial charge is 0.194 e. The summed E-state index contributed by atoms with van der Waals surface area (Å²) in [5, 5.41) is 2.04. The fraction of sp³-hybridized carbons (Fsp3) is 0.118. The Balaban J connectivity index is 2.39. The van der Waals surface area contributed by atoms with E-state index in [1.807, 2.05) is 18.2 Å². The molecule has 0 unspecified atom stereocenters. The number of fused-ring (bicyclic) bond motifs is 1. The molecule has 2 aromatic carbocycles. The van der Waals surface area contributed by atoms with Gasteiger partial charge in [0.2, 0.25) is 11.2 Å². The third kappa shape index (κ3) is 2.00. The number of rotatable bonds is 1. The fourth-order valence-electron chi connectivity index (χ4n) is 2.65. The second-order valence-corrected chi connectivity index (χ2v) is 5.18. The zero-order valence-electron chi connectivity index (χ0n) is 11.0. The molecule has 0 spiro atoms. The molecule has 94 valence electrons. The summed E-state index contributed by atoms with van der Waals surface area (Å²) in [7, 11) is 2.09. The number of aromatic nitrogens is 1. The van der Waals surface area contributed by atoms with Gasteiger partial charge in [0.15, 0.2) is 0 Å². The van der Waals surface area contributed by atoms with Crippen LogP contribution < -0.4 is 4.57 Å². The molecule has 1 aromatic heterocycles. The molecule has 0 aliphatic rings. The number of halogens is 1. The van der Waals surface area contributed by atoms with Gasteiger partial charge >= 0.3 is 0 Å². The van der Waals surface area contributed by atoms with Crippen LogP contribution in [-0.4, -0.2) is 0 Å². The number of para-hydroxylation sites is 1. The highest BCUT2D eigenvalue weighted by atomic mass is 35.5. The van der Waals surface area contributed by atoms with Crippen molar-refractivity contribution < 1.29 is 4.57 Å². The Morgan fingerprint density at radius 2 is 1.63 bits per heavy atom. The zero-order valence-corrected chi connectivity index (χ0v) is 11.8. The Labute approximate surface area is 118 Å². The van der Waals surface area contributed by atoms with Crippen molar-refractivity contribution >= 4 is 22.5 Å². The third-order valence-corrected chi connectivity index (χ3v) is 3.84. The molecular formula is C17H15ClN+. The first-order valence-electron chi connectivity index (χ1n) is 6.32. The van der Waals surface area contributed by atoms with Gasteiger partial charge in [0, 0.05) is 17.0 Å². The maximum Gasteiger partial charge on any atom is 0.217 e. The van der Waals surface area contributed by atoms with Crippen molar-refractivity contribution in [3.8, 4) is 11.3 Å². The SMILES string of the molecule is Cc1cc2ccccc2[n+](C)c1-c1ccccc1Cl. The van der Waals surface area contributed by atoms with Gasteiger partial charge in [-0.05, 0) is 31.2 Å². The van der Waals surface area contributed by atoms with E-state index in [0.717, 1.165) is 10.6 Å². The molecule has 3 aromatic rings. The normalized spacial score (nSPS) is 10.9. The predicted molar refractivity (Wildman–Crippen MR) is 80.3 cm³/mol. The highest BCUT2D eigenvalue weighted by Gasteiger charge is 2.19. The molecule has 1 heterocycles. The van der Waals surface area contributed by atoms with Crippen LogP contribution in [-0.2, 0) is 7.05 Å². The lowest BCUT2D eigenvalue weighted by Crippen LogP contribution is -2.33. The minimum Gasteiger partial charge on any atom is -0.194 e. The molecule has 0 aliphatic heterocycles. The summed E-state index contributed by atoms with van der Waals surface area (Å²) in [6.45, 7) is 2.13. The number of nitrogens with zero attached hydrogens (tertiary/aromatic N) is 1. The van der Waals surface area contributed by atoms with E-state index in [-0.39, 0.29) is 0 Å². The first-order chi connectivity index (χ1) is 9.18. The predicted octanol–water partition coefficient (Wildman–Crippen LogP) is 4.29. The van der Waals surface area contributed by atoms with E-state index in [2.05, 4.69) is 54.9 Å². The van der Waals surface area contributed by atoms with Gasteiger partial charge in [0.1, 0.15) is 7.05 Å². The lowest BCUT2D eigenvalue weighted by atomic mass is 10.0. The Morgan fingerprint density at radius 3 is 2.42 bits per heavy atom. The standard InChI is InChI=1S/C17H15ClN/c1-12-11-13-7-3-6-10-16(13)19(2)17(12)14-8-4-5-9-15(14)18/h3-11H,1-2H3/q+1. The minimum atomic E-state index is 0.788. The highest BCUT2D eigenvalue weighted by molar-refractivity contribution is 6.33. The second-order valence-electron chi connectivity index (χ2n) is 4.77. The van der Waals surface area contributed by atoms with Crippen LogP contribution in [0.15, 0.2) is 54.6 Å². The van der Waals surface area contributed by atoms with Crippen molar-refractivity contribution in [1.29, 1.82) is 0 Å². The second kappa shape index (κ2) is 4.67. The van der Waals surface area contributed by atoms with Crippen molar-refractivity contribution in [2.24, 2.45) is 7.05 Å². The van der Waals surface area contributed by atoms with Gasteiger partial charge in [-0.15, -0.1) is 0 Å². The van der Waals surface area contributed by atoms with Crippen molar-refractivity contribution in [2.45, 2.75) is 6.92 Å². The Kier molecular flexibility index (Phi) is 3.00. The number of hydrogen-bond donors (Lipinski definition) is 0. The monoisotopic (exact) mass is 268 g/mol. The summed E-state index contributed by atoms with van der Waals surface area (Å²) < 4.78 is 2.21. The molecule has 0 radical (unpaired) electrons. The molecule has 0 amide bonds. The van der Waals surface area contributed by atoms with E-state index >= 15 is 0 Å². The van der Waals surface area contributed by atoms with Crippen LogP contribution in [0.2, 0.25) is 5.02 Å². The van der Waals surface area contributed by atoms with Crippen molar-refractivity contribution in [3.63, 3.8) is 0 Å². The van der Waals surface area contributed by atoms with Crippen molar-refractivity contribution in [2.75, 3.05) is 0 Å². The molecule has 3 rings (SSSR count). The molecular weight excluding hydrogens is 254 g/mol. The van der Waals surface area contributed by atoms with Gasteiger partial charge in [0.05, 0.1) is 10.6 Å². The van der Waals surface area contributed by atoms with E-state index in [1.54, 1.807) is 0 Å². The van der Waals surface area contributed by atoms with Gasteiger partial charge in [0.25, 0.3) is 0 Å². The lowest BCUT2D eigenvalue weighted by Gasteiger charge is -2.08. The summed E-state index contributed by atoms with van der Waals surface area (Å²) in [5.41, 5.74) is 4.69. The number of pyridine rings is 1. The van der Waals surface area contributed by atoms with Gasteiger partial charge < -0.3 is 0 Å². The third-order valence-electron chi connectivity index (χ3n) is 3.51. The summed E-state index contributed by atoms with van der Waals surface area (Å²) in [6.07, 6.45) is 0. The summed E-state index contributed by atoms with van der Waals surface area (Å²) in [4.78, 5) is 0. The Hall–Kier alpha value is -1.86. The molecule has 2 heteroatoms. The van der Waals surface area contributed by atoms with Gasteiger partial charge in [-0.2, -0.15) is 4.57 Å². The summed E-state index contributed by atoms with van der Waals surface area (Å²) >= 11 is 6.34. The number of benzene rings is 2. The highest BCUT2D eigenvalue weighted by Crippen LogP contribution is 2.29. The van der Waals surface area contributed by atoms with E-state index in [0.29, 0.717) is 0 Å². The van der Waals surface area contributed by atoms with Crippen molar-refractivity contribution in [3.05, 3.63) is 65.2 Å². The van der Waals surface area contributed by atoms with E-state index in [9.17, 15) is 0 Å². The molecule has 1 nitrogen and oxygen atoms in total. The van der Waals surface area contributed by atoms with Gasteiger partial charge in [-0.25, -0.2) is 0 Å². The molecule has 0 N–H and O–H groups in total. The first kappa shape index (κ1) is 12.2. The Bertz CT molecular complexity index is 762. The van der Waals surface area contributed by atoms with Crippen molar-refractivity contribution in [1.82, 2.24) is 0 Å². The molecule has 0 fully saturated rings. The Morgan fingerprint density at radius 1 is 0.947 bits per heavy atom. The van der Waals surface area contributed by atoms with Crippen LogP contribution >= 0.6 is 11.6 Å². The van der Waals surface area contributed by atoms with E-state index < -0.39 is 0 Å². The van der Waals surface area contributed by atoms with Crippen LogP contribution in [0.4, 0.5) is 0 Å². The van der Waals surface area contributed by atoms with Gasteiger partial charge in [-0.1, -0.05) is 35.9 Å². The molecule has 19 heavy (non-hydrogen) atoms. The zero-order chi connectivity index (χ0) is 13.4. The summed E-state index contributed by atoms with van der Waals surface area (Å²) in [5.74, 6) is 0. The van der Waals surface area contributed by atoms with E-state index in [1.165, 1.54) is 22.2 Å². The summed E-state index contributed by atoms with van der Waals surface area (Å²) in [6, 6.07) is 18.6. The molecule has 0 aliphatic carbocycles. The van der Waals surface area contributed by atoms with Crippen LogP contribution in [0.1, 0.15) is 5.56 Å². The quantitative estimate of drug-likeness (QED) is 0.580. The number of aryl methyl sites for hydroxylation is 2. The van der Waals surface area contributed by atoms with Crippen LogP contribution in [0.3, 0.4) is 0 Å². The largest absolute Gasteiger partial charge is 0.217 e. The van der Waals surface area contributed by atoms with Gasteiger partial charge in [-0.3, -0.25) is 0 Å². The lowest BCUT2D eigenvalue weighted by molar-refractivity contribution is -0.633. The average molecular weight is 269 g/mol. The minimum absolute atomic E-state index is 0.788. The van der Waals surface area contributed by atoms with Crippen LogP contribution in [0, 0.1) is 6.92 Å².